The minimum absolute atomic E-state index is 0.157. The van der Waals surface area contributed by atoms with Crippen molar-refractivity contribution in [1.82, 2.24) is 5.32 Å². The van der Waals surface area contributed by atoms with Crippen LogP contribution in [0.3, 0.4) is 0 Å². The van der Waals surface area contributed by atoms with Crippen molar-refractivity contribution in [2.45, 2.75) is 26.3 Å². The standard InChI is InChI=1S/C18H22N2O7/c1-4-12(2)17(18(23)26-3)19-15(21)11-27-16(22)10-9-13-7-5-6-8-14(13)20(24)25/h5-10,12,17H,4,11H2,1-3H3,(H,19,21)/b10-9+/t12-,17+/m1/s1. The molecule has 146 valence electrons. The highest BCUT2D eigenvalue weighted by Gasteiger charge is 2.26. The summed E-state index contributed by atoms with van der Waals surface area (Å²) in [5.41, 5.74) is 0.0696. The molecule has 0 aliphatic heterocycles. The number of carbonyl (C=O) groups is 3. The largest absolute Gasteiger partial charge is 0.467 e. The van der Waals surface area contributed by atoms with Crippen LogP contribution in [0, 0.1) is 16.0 Å². The van der Waals surface area contributed by atoms with Gasteiger partial charge < -0.3 is 14.8 Å². The van der Waals surface area contributed by atoms with Crippen LogP contribution >= 0.6 is 0 Å². The van der Waals surface area contributed by atoms with Crippen LogP contribution in [0.15, 0.2) is 30.3 Å². The van der Waals surface area contributed by atoms with Crippen LogP contribution in [-0.2, 0) is 23.9 Å². The molecule has 0 saturated heterocycles. The number of carbonyl (C=O) groups excluding carboxylic acids is 3. The van der Waals surface area contributed by atoms with Gasteiger partial charge in [0.15, 0.2) is 6.61 Å². The first kappa shape index (κ1) is 21.8. The smallest absolute Gasteiger partial charge is 0.331 e. The topological polar surface area (TPSA) is 125 Å². The Morgan fingerprint density at radius 1 is 1.30 bits per heavy atom. The molecule has 1 N–H and O–H groups in total. The van der Waals surface area contributed by atoms with Crippen molar-refractivity contribution in [2.24, 2.45) is 5.92 Å². The van der Waals surface area contributed by atoms with Gasteiger partial charge in [0.25, 0.3) is 11.6 Å². The Bertz CT molecular complexity index is 730. The zero-order valence-corrected chi connectivity index (χ0v) is 15.3. The van der Waals surface area contributed by atoms with E-state index in [1.54, 1.807) is 13.0 Å². The summed E-state index contributed by atoms with van der Waals surface area (Å²) in [6.07, 6.45) is 2.86. The summed E-state index contributed by atoms with van der Waals surface area (Å²) in [6, 6.07) is 5.04. The maximum absolute atomic E-state index is 11.9. The number of ether oxygens (including phenoxy) is 2. The molecular formula is C18H22N2O7. The molecule has 1 rings (SSSR count). The predicted octanol–water partition coefficient (Wildman–Crippen LogP) is 1.86. The Kier molecular flexibility index (Phi) is 8.64. The van der Waals surface area contributed by atoms with Gasteiger partial charge in [0.05, 0.1) is 17.6 Å². The first-order valence-corrected chi connectivity index (χ1v) is 8.25. The van der Waals surface area contributed by atoms with Crippen LogP contribution < -0.4 is 5.32 Å². The van der Waals surface area contributed by atoms with Gasteiger partial charge in [-0.1, -0.05) is 32.4 Å². The molecule has 0 spiro atoms. The Balaban J connectivity index is 2.62. The van der Waals surface area contributed by atoms with Crippen LogP contribution in [0.4, 0.5) is 5.69 Å². The first-order valence-electron chi connectivity index (χ1n) is 8.25. The summed E-state index contributed by atoms with van der Waals surface area (Å²) in [7, 11) is 1.22. The lowest BCUT2D eigenvalue weighted by atomic mass is 9.99. The van der Waals surface area contributed by atoms with E-state index in [9.17, 15) is 24.5 Å². The van der Waals surface area contributed by atoms with Crippen molar-refractivity contribution in [3.05, 3.63) is 46.0 Å². The van der Waals surface area contributed by atoms with Gasteiger partial charge in [0.2, 0.25) is 0 Å². The third-order valence-electron chi connectivity index (χ3n) is 3.86. The molecule has 0 aliphatic carbocycles. The van der Waals surface area contributed by atoms with Crippen LogP contribution in [0.1, 0.15) is 25.8 Å². The minimum Gasteiger partial charge on any atom is -0.467 e. The molecule has 9 nitrogen and oxygen atoms in total. The lowest BCUT2D eigenvalue weighted by Gasteiger charge is -2.21. The summed E-state index contributed by atoms with van der Waals surface area (Å²) < 4.78 is 9.45. The van der Waals surface area contributed by atoms with Crippen molar-refractivity contribution in [2.75, 3.05) is 13.7 Å². The molecule has 0 heterocycles. The average Bonchev–Trinajstić information content (AvgIpc) is 2.67. The molecule has 0 radical (unpaired) electrons. The molecule has 27 heavy (non-hydrogen) atoms. The van der Waals surface area contributed by atoms with Gasteiger partial charge in [-0.05, 0) is 18.1 Å². The lowest BCUT2D eigenvalue weighted by molar-refractivity contribution is -0.385. The highest BCUT2D eigenvalue weighted by Crippen LogP contribution is 2.18. The maximum atomic E-state index is 11.9. The number of nitrogens with one attached hydrogen (secondary N) is 1. The molecule has 1 aromatic rings. The number of nitro benzene ring substituents is 1. The van der Waals surface area contributed by atoms with E-state index in [4.69, 9.17) is 4.74 Å². The third-order valence-corrected chi connectivity index (χ3v) is 3.86. The Labute approximate surface area is 156 Å². The predicted molar refractivity (Wildman–Crippen MR) is 96.5 cm³/mol. The number of esters is 2. The summed E-state index contributed by atoms with van der Waals surface area (Å²) in [5.74, 6) is -2.24. The van der Waals surface area contributed by atoms with Gasteiger partial charge in [0, 0.05) is 12.1 Å². The van der Waals surface area contributed by atoms with E-state index in [2.05, 4.69) is 10.1 Å². The quantitative estimate of drug-likeness (QED) is 0.301. The van der Waals surface area contributed by atoms with Crippen molar-refractivity contribution < 1.29 is 28.8 Å². The van der Waals surface area contributed by atoms with Gasteiger partial charge in [-0.2, -0.15) is 0 Å². The summed E-state index contributed by atoms with van der Waals surface area (Å²) in [6.45, 7) is 3.05. The number of rotatable bonds is 9. The summed E-state index contributed by atoms with van der Waals surface area (Å²) in [5, 5.41) is 13.4. The molecule has 0 unspecified atom stereocenters. The van der Waals surface area contributed by atoms with E-state index >= 15 is 0 Å². The SMILES string of the molecule is CC[C@@H](C)[C@H](NC(=O)COC(=O)/C=C/c1ccccc1[N+](=O)[O-])C(=O)OC. The second-order valence-electron chi connectivity index (χ2n) is 5.71. The van der Waals surface area contributed by atoms with Crippen LogP contribution in [-0.4, -0.2) is 42.5 Å². The van der Waals surface area contributed by atoms with Crippen LogP contribution in [0.25, 0.3) is 6.08 Å². The number of hydrogen-bond donors (Lipinski definition) is 1. The molecular weight excluding hydrogens is 356 g/mol. The first-order chi connectivity index (χ1) is 12.8. The fraction of sp³-hybridized carbons (Fsp3) is 0.389. The Morgan fingerprint density at radius 3 is 2.56 bits per heavy atom. The zero-order chi connectivity index (χ0) is 20.4. The lowest BCUT2D eigenvalue weighted by Crippen LogP contribution is -2.47. The molecule has 0 fully saturated rings. The van der Waals surface area contributed by atoms with E-state index in [1.165, 1.54) is 31.4 Å². The number of para-hydroxylation sites is 1. The van der Waals surface area contributed by atoms with Gasteiger partial charge >= 0.3 is 11.9 Å². The van der Waals surface area contributed by atoms with E-state index in [0.717, 1.165) is 6.08 Å². The Morgan fingerprint density at radius 2 is 1.96 bits per heavy atom. The van der Waals surface area contributed by atoms with Gasteiger partial charge in [-0.15, -0.1) is 0 Å². The number of nitrogens with zero attached hydrogens (tertiary/aromatic N) is 1. The number of methoxy groups -OCH3 is 1. The molecule has 1 amide bonds. The summed E-state index contributed by atoms with van der Waals surface area (Å²) in [4.78, 5) is 45.7. The van der Waals surface area contributed by atoms with Crippen LogP contribution in [0.2, 0.25) is 0 Å². The van der Waals surface area contributed by atoms with Crippen molar-refractivity contribution in [1.29, 1.82) is 0 Å². The number of benzene rings is 1. The molecule has 0 saturated carbocycles. The van der Waals surface area contributed by atoms with E-state index in [0.29, 0.717) is 6.42 Å². The third kappa shape index (κ3) is 6.89. The molecule has 1 aromatic carbocycles. The zero-order valence-electron chi connectivity index (χ0n) is 15.3. The second-order valence-corrected chi connectivity index (χ2v) is 5.71. The van der Waals surface area contributed by atoms with Crippen LogP contribution in [0.5, 0.6) is 0 Å². The normalized spacial score (nSPS) is 12.9. The monoisotopic (exact) mass is 378 g/mol. The summed E-state index contributed by atoms with van der Waals surface area (Å²) >= 11 is 0. The molecule has 2 atom stereocenters. The van der Waals surface area contributed by atoms with Gasteiger partial charge in [-0.25, -0.2) is 9.59 Å². The average molecular weight is 378 g/mol. The van der Waals surface area contributed by atoms with E-state index < -0.39 is 35.4 Å². The number of nitro groups is 1. The van der Waals surface area contributed by atoms with Gasteiger partial charge in [0.1, 0.15) is 6.04 Å². The fourth-order valence-electron chi connectivity index (χ4n) is 2.15. The Hall–Kier alpha value is -3.23. The van der Waals surface area contributed by atoms with E-state index in [1.807, 2.05) is 6.92 Å². The number of hydrogen-bond acceptors (Lipinski definition) is 7. The maximum Gasteiger partial charge on any atom is 0.331 e. The van der Waals surface area contributed by atoms with Crippen molar-refractivity contribution in [3.63, 3.8) is 0 Å². The molecule has 0 aromatic heterocycles. The van der Waals surface area contributed by atoms with Gasteiger partial charge in [-0.3, -0.25) is 14.9 Å². The second kappa shape index (κ2) is 10.7. The molecule has 0 bridgehead atoms. The highest BCUT2D eigenvalue weighted by molar-refractivity contribution is 5.91. The highest BCUT2D eigenvalue weighted by atomic mass is 16.6. The molecule has 9 heteroatoms. The van der Waals surface area contributed by atoms with Crippen molar-refractivity contribution >= 4 is 29.6 Å². The van der Waals surface area contributed by atoms with E-state index in [-0.39, 0.29) is 17.2 Å². The van der Waals surface area contributed by atoms with Crippen molar-refractivity contribution in [3.8, 4) is 0 Å². The fourth-order valence-corrected chi connectivity index (χ4v) is 2.15. The number of amides is 1. The molecule has 0 aliphatic rings. The minimum atomic E-state index is -0.846.